The molecule has 0 aromatic heterocycles. The highest BCUT2D eigenvalue weighted by atomic mass is 16.5. The molecule has 2 fully saturated rings. The number of nitrogens with zero attached hydrogens (tertiary/aromatic N) is 1. The lowest BCUT2D eigenvalue weighted by molar-refractivity contribution is -0.0154. The second kappa shape index (κ2) is 7.91. The van der Waals surface area contributed by atoms with Gasteiger partial charge in [-0.05, 0) is 57.0 Å². The van der Waals surface area contributed by atoms with Crippen LogP contribution in [0.3, 0.4) is 0 Å². The molecule has 2 aliphatic rings. The second-order valence-corrected chi connectivity index (χ2v) is 7.50. The molecule has 2 aliphatic heterocycles. The first-order valence-corrected chi connectivity index (χ1v) is 8.72. The van der Waals surface area contributed by atoms with Crippen molar-refractivity contribution in [1.29, 1.82) is 0 Å². The molecule has 4 heteroatoms. The Hall–Kier alpha value is -0.160. The van der Waals surface area contributed by atoms with E-state index >= 15 is 0 Å². The molecule has 0 aliphatic carbocycles. The quantitative estimate of drug-likeness (QED) is 0.786. The molecule has 1 atom stereocenters. The lowest BCUT2D eigenvalue weighted by Gasteiger charge is -2.44. The van der Waals surface area contributed by atoms with Crippen molar-refractivity contribution in [3.05, 3.63) is 0 Å². The Balaban J connectivity index is 1.87. The molecule has 0 spiro atoms. The molecule has 4 nitrogen and oxygen atoms in total. The zero-order chi connectivity index (χ0) is 15.3. The summed E-state index contributed by atoms with van der Waals surface area (Å²) >= 11 is 0. The van der Waals surface area contributed by atoms with Crippen molar-refractivity contribution >= 4 is 0 Å². The molecule has 2 heterocycles. The van der Waals surface area contributed by atoms with E-state index in [1.807, 2.05) is 6.92 Å². The Kier molecular flexibility index (Phi) is 6.48. The molecule has 2 N–H and O–H groups in total. The monoisotopic (exact) mass is 298 g/mol. The van der Waals surface area contributed by atoms with E-state index in [0.717, 1.165) is 45.7 Å². The molecular weight excluding hydrogens is 264 g/mol. The lowest BCUT2D eigenvalue weighted by atomic mass is 9.78. The predicted octanol–water partition coefficient (Wildman–Crippen LogP) is 1.87. The van der Waals surface area contributed by atoms with Crippen LogP contribution < -0.4 is 5.32 Å². The average Bonchev–Trinajstić information content (AvgIpc) is 2.47. The van der Waals surface area contributed by atoms with Crippen molar-refractivity contribution < 1.29 is 9.84 Å². The Bertz CT molecular complexity index is 293. The van der Waals surface area contributed by atoms with E-state index in [2.05, 4.69) is 24.1 Å². The van der Waals surface area contributed by atoms with E-state index in [0.29, 0.717) is 17.4 Å². The van der Waals surface area contributed by atoms with Gasteiger partial charge in [-0.25, -0.2) is 0 Å². The van der Waals surface area contributed by atoms with Crippen LogP contribution in [0.5, 0.6) is 0 Å². The molecule has 0 bridgehead atoms. The Labute approximate surface area is 130 Å². The standard InChI is InChI=1S/C17H34N2O2/c1-14(2)18-12-17(6-10-21-11-7-17)13-19-8-4-16(5-9-19)15(3)20/h14-16,18,20H,4-13H2,1-3H3. The molecule has 0 radical (unpaired) electrons. The van der Waals surface area contributed by atoms with Crippen LogP contribution in [0.15, 0.2) is 0 Å². The smallest absolute Gasteiger partial charge is 0.0541 e. The summed E-state index contributed by atoms with van der Waals surface area (Å²) in [7, 11) is 0. The van der Waals surface area contributed by atoms with Crippen molar-refractivity contribution in [3.63, 3.8) is 0 Å². The third kappa shape index (κ3) is 5.20. The Morgan fingerprint density at radius 1 is 1.19 bits per heavy atom. The first kappa shape index (κ1) is 17.2. The SMILES string of the molecule is CC(C)NCC1(CN2CCC(C(C)O)CC2)CCOCC1. The molecule has 1 unspecified atom stereocenters. The van der Waals surface area contributed by atoms with Crippen LogP contribution in [0.4, 0.5) is 0 Å². The largest absolute Gasteiger partial charge is 0.393 e. The molecule has 2 saturated heterocycles. The summed E-state index contributed by atoms with van der Waals surface area (Å²) < 4.78 is 5.59. The van der Waals surface area contributed by atoms with Crippen LogP contribution in [0.25, 0.3) is 0 Å². The summed E-state index contributed by atoms with van der Waals surface area (Å²) in [4.78, 5) is 2.62. The first-order chi connectivity index (χ1) is 10.0. The summed E-state index contributed by atoms with van der Waals surface area (Å²) in [6.45, 7) is 12.8. The van der Waals surface area contributed by atoms with Gasteiger partial charge in [-0.15, -0.1) is 0 Å². The number of hydrogen-bond acceptors (Lipinski definition) is 4. The van der Waals surface area contributed by atoms with Crippen LogP contribution >= 0.6 is 0 Å². The van der Waals surface area contributed by atoms with Crippen LogP contribution in [0.2, 0.25) is 0 Å². The van der Waals surface area contributed by atoms with Crippen LogP contribution in [-0.4, -0.2) is 61.5 Å². The first-order valence-electron chi connectivity index (χ1n) is 8.72. The van der Waals surface area contributed by atoms with Crippen LogP contribution in [0, 0.1) is 11.3 Å². The minimum Gasteiger partial charge on any atom is -0.393 e. The zero-order valence-electron chi connectivity index (χ0n) is 14.1. The summed E-state index contributed by atoms with van der Waals surface area (Å²) in [6.07, 6.45) is 4.47. The van der Waals surface area contributed by atoms with E-state index < -0.39 is 0 Å². The van der Waals surface area contributed by atoms with E-state index in [1.54, 1.807) is 0 Å². The van der Waals surface area contributed by atoms with Crippen molar-refractivity contribution in [2.24, 2.45) is 11.3 Å². The van der Waals surface area contributed by atoms with Gasteiger partial charge in [0.25, 0.3) is 0 Å². The molecule has 21 heavy (non-hydrogen) atoms. The van der Waals surface area contributed by atoms with Gasteiger partial charge in [-0.1, -0.05) is 13.8 Å². The molecule has 0 aromatic carbocycles. The van der Waals surface area contributed by atoms with Crippen LogP contribution in [-0.2, 0) is 4.74 Å². The van der Waals surface area contributed by atoms with Crippen LogP contribution in [0.1, 0.15) is 46.5 Å². The molecule has 2 rings (SSSR count). The number of aliphatic hydroxyl groups excluding tert-OH is 1. The minimum atomic E-state index is -0.146. The molecule has 124 valence electrons. The van der Waals surface area contributed by atoms with Gasteiger partial charge in [0.05, 0.1) is 6.10 Å². The number of nitrogens with one attached hydrogen (secondary N) is 1. The molecular formula is C17H34N2O2. The minimum absolute atomic E-state index is 0.146. The van der Waals surface area contributed by atoms with Gasteiger partial charge in [0.15, 0.2) is 0 Å². The lowest BCUT2D eigenvalue weighted by Crippen LogP contribution is -2.50. The highest BCUT2D eigenvalue weighted by Gasteiger charge is 2.35. The van der Waals surface area contributed by atoms with Gasteiger partial charge in [-0.2, -0.15) is 0 Å². The number of rotatable bonds is 6. The predicted molar refractivity (Wildman–Crippen MR) is 86.5 cm³/mol. The fourth-order valence-corrected chi connectivity index (χ4v) is 3.68. The van der Waals surface area contributed by atoms with Gasteiger partial charge in [0, 0.05) is 32.3 Å². The Morgan fingerprint density at radius 3 is 2.33 bits per heavy atom. The molecule has 0 amide bonds. The van der Waals surface area contributed by atoms with Crippen molar-refractivity contribution in [3.8, 4) is 0 Å². The summed E-state index contributed by atoms with van der Waals surface area (Å²) in [5, 5.41) is 13.4. The number of piperidine rings is 1. The van der Waals surface area contributed by atoms with Gasteiger partial charge >= 0.3 is 0 Å². The highest BCUT2D eigenvalue weighted by molar-refractivity contribution is 4.89. The normalized spacial score (nSPS) is 26.1. The summed E-state index contributed by atoms with van der Waals surface area (Å²) in [5.41, 5.74) is 0.375. The third-order valence-corrected chi connectivity index (χ3v) is 5.31. The van der Waals surface area contributed by atoms with Crippen molar-refractivity contribution in [2.45, 2.75) is 58.6 Å². The fourth-order valence-electron chi connectivity index (χ4n) is 3.68. The average molecular weight is 298 g/mol. The van der Waals surface area contributed by atoms with Gasteiger partial charge in [-0.3, -0.25) is 0 Å². The van der Waals surface area contributed by atoms with Gasteiger partial charge in [0.1, 0.15) is 0 Å². The van der Waals surface area contributed by atoms with E-state index in [9.17, 15) is 5.11 Å². The van der Waals surface area contributed by atoms with E-state index in [4.69, 9.17) is 4.74 Å². The maximum absolute atomic E-state index is 9.74. The Morgan fingerprint density at radius 2 is 1.81 bits per heavy atom. The van der Waals surface area contributed by atoms with Gasteiger partial charge in [0.2, 0.25) is 0 Å². The summed E-state index contributed by atoms with van der Waals surface area (Å²) in [6, 6.07) is 0.547. The van der Waals surface area contributed by atoms with Gasteiger partial charge < -0.3 is 20.1 Å². The number of aliphatic hydroxyl groups is 1. The van der Waals surface area contributed by atoms with Crippen molar-refractivity contribution in [2.75, 3.05) is 39.4 Å². The number of likely N-dealkylation sites (tertiary alicyclic amines) is 1. The van der Waals surface area contributed by atoms with E-state index in [1.165, 1.54) is 19.4 Å². The number of ether oxygens (including phenoxy) is 1. The van der Waals surface area contributed by atoms with E-state index in [-0.39, 0.29) is 6.10 Å². The fraction of sp³-hybridized carbons (Fsp3) is 1.00. The summed E-state index contributed by atoms with van der Waals surface area (Å²) in [5.74, 6) is 0.501. The zero-order valence-corrected chi connectivity index (χ0v) is 14.1. The molecule has 0 saturated carbocycles. The maximum Gasteiger partial charge on any atom is 0.0541 e. The number of hydrogen-bond donors (Lipinski definition) is 2. The van der Waals surface area contributed by atoms with Crippen molar-refractivity contribution in [1.82, 2.24) is 10.2 Å². The molecule has 0 aromatic rings. The topological polar surface area (TPSA) is 44.7 Å². The third-order valence-electron chi connectivity index (χ3n) is 5.31. The maximum atomic E-state index is 9.74. The highest BCUT2D eigenvalue weighted by Crippen LogP contribution is 2.33. The second-order valence-electron chi connectivity index (χ2n) is 7.50.